The molecule has 1 saturated carbocycles. The van der Waals surface area contributed by atoms with Crippen molar-refractivity contribution in [1.29, 1.82) is 0 Å². The number of aliphatic hydroxyl groups is 2. The first-order valence-electron chi connectivity index (χ1n) is 9.06. The minimum atomic E-state index is -2.02. The first-order chi connectivity index (χ1) is 12.5. The van der Waals surface area contributed by atoms with Crippen LogP contribution in [-0.4, -0.2) is 39.2 Å². The Morgan fingerprint density at radius 1 is 1.27 bits per heavy atom. The molecule has 26 heavy (non-hydrogen) atoms. The maximum absolute atomic E-state index is 11.1. The van der Waals surface area contributed by atoms with Crippen LogP contribution in [0, 0.1) is 0 Å². The lowest BCUT2D eigenvalue weighted by Crippen LogP contribution is -2.45. The van der Waals surface area contributed by atoms with Crippen molar-refractivity contribution >= 4 is 11.5 Å². The Morgan fingerprint density at radius 3 is 2.73 bits per heavy atom. The summed E-state index contributed by atoms with van der Waals surface area (Å²) in [6.45, 7) is 0.517. The van der Waals surface area contributed by atoms with Crippen molar-refractivity contribution in [1.82, 2.24) is 9.27 Å². The molecule has 3 rings (SSSR count). The maximum atomic E-state index is 11.1. The quantitative estimate of drug-likeness (QED) is 0.437. The van der Waals surface area contributed by atoms with Gasteiger partial charge in [0.05, 0.1) is 12.2 Å². The largest absolute Gasteiger partial charge is 0.493 e. The average Bonchev–Trinajstić information content (AvgIpc) is 3.39. The predicted octanol–water partition coefficient (Wildman–Crippen LogP) is 2.42. The number of hydrogen-bond donors (Lipinski definition) is 3. The number of H-pyrrole nitrogens is 1. The lowest BCUT2D eigenvalue weighted by Gasteiger charge is -2.33. The molecule has 1 aromatic heterocycles. The fraction of sp³-hybridized carbons (Fsp3) is 0.526. The van der Waals surface area contributed by atoms with Gasteiger partial charge in [-0.3, -0.25) is 9.17 Å². The summed E-state index contributed by atoms with van der Waals surface area (Å²) in [6.07, 6.45) is 5.71. The molecule has 0 bridgehead atoms. The number of nitrogens with zero attached hydrogens (tertiary/aromatic N) is 1. The van der Waals surface area contributed by atoms with Crippen LogP contribution in [0.4, 0.5) is 0 Å². The molecule has 0 amide bonds. The van der Waals surface area contributed by atoms with E-state index in [-0.39, 0.29) is 11.6 Å². The smallest absolute Gasteiger partial charge is 0.258 e. The van der Waals surface area contributed by atoms with Gasteiger partial charge in [0.2, 0.25) is 0 Å². The number of rotatable bonds is 10. The Labute approximate surface area is 157 Å². The molecule has 0 radical (unpaired) electrons. The molecule has 7 heteroatoms. The fourth-order valence-electron chi connectivity index (χ4n) is 2.98. The molecular formula is C19H26N2O4S. The lowest BCUT2D eigenvalue weighted by atomic mass is 10.1. The van der Waals surface area contributed by atoms with Crippen molar-refractivity contribution in [2.75, 3.05) is 13.7 Å². The number of ether oxygens (including phenoxy) is 1. The second kappa shape index (κ2) is 8.35. The highest BCUT2D eigenvalue weighted by Gasteiger charge is 2.42. The van der Waals surface area contributed by atoms with Crippen LogP contribution in [0.25, 0.3) is 0 Å². The summed E-state index contributed by atoms with van der Waals surface area (Å²) in [5.74, 6) is -1.52. The predicted molar refractivity (Wildman–Crippen MR) is 101 cm³/mol. The van der Waals surface area contributed by atoms with E-state index in [9.17, 15) is 15.0 Å². The molecule has 142 valence electrons. The molecule has 1 aliphatic rings. The van der Waals surface area contributed by atoms with Gasteiger partial charge in [0.1, 0.15) is 5.75 Å². The van der Waals surface area contributed by atoms with E-state index in [2.05, 4.69) is 4.37 Å². The van der Waals surface area contributed by atoms with Gasteiger partial charge < -0.3 is 14.9 Å². The minimum absolute atomic E-state index is 0.0300. The van der Waals surface area contributed by atoms with E-state index < -0.39 is 5.91 Å². The second-order valence-electron chi connectivity index (χ2n) is 6.81. The van der Waals surface area contributed by atoms with Crippen LogP contribution in [-0.2, 0) is 12.3 Å². The number of aromatic amines is 1. The van der Waals surface area contributed by atoms with Gasteiger partial charge in [0.15, 0.2) is 0 Å². The minimum Gasteiger partial charge on any atom is -0.493 e. The molecule has 1 fully saturated rings. The van der Waals surface area contributed by atoms with Gasteiger partial charge in [-0.25, -0.2) is 4.90 Å². The van der Waals surface area contributed by atoms with Gasteiger partial charge in [-0.1, -0.05) is 23.7 Å². The standard InChI is InChI=1S/C19H26N2O4S/c1-21(14-10-11-14)19(23,24)16-8-4-5-9-17(16)25-12-6-2-3-7-15-13-18(22)20-26-15/h4-5,8-9,13-14,23-24H,2-3,6-7,10-12H2,1H3,(H,20,22). The van der Waals surface area contributed by atoms with Crippen LogP contribution >= 0.6 is 11.5 Å². The SMILES string of the molecule is CN(C1CC1)C(O)(O)c1ccccc1OCCCCCc1cc(=O)[nH]s1. The number of nitrogens with one attached hydrogen (secondary N) is 1. The summed E-state index contributed by atoms with van der Waals surface area (Å²) < 4.78 is 8.52. The molecule has 6 nitrogen and oxygen atoms in total. The van der Waals surface area contributed by atoms with E-state index >= 15 is 0 Å². The monoisotopic (exact) mass is 378 g/mol. The van der Waals surface area contributed by atoms with Gasteiger partial charge in [0.25, 0.3) is 11.5 Å². The molecule has 2 aromatic rings. The molecule has 0 atom stereocenters. The van der Waals surface area contributed by atoms with Crippen LogP contribution in [0.5, 0.6) is 5.75 Å². The first-order valence-corrected chi connectivity index (χ1v) is 9.87. The fourth-order valence-corrected chi connectivity index (χ4v) is 3.68. The molecule has 0 unspecified atom stereocenters. The van der Waals surface area contributed by atoms with Crippen LogP contribution < -0.4 is 10.3 Å². The molecule has 1 heterocycles. The number of hydrogen-bond acceptors (Lipinski definition) is 6. The summed E-state index contributed by atoms with van der Waals surface area (Å²) in [6, 6.07) is 8.95. The highest BCUT2D eigenvalue weighted by molar-refractivity contribution is 7.05. The van der Waals surface area contributed by atoms with Crippen LogP contribution in [0.15, 0.2) is 35.1 Å². The molecule has 0 spiro atoms. The Morgan fingerprint density at radius 2 is 2.04 bits per heavy atom. The zero-order valence-corrected chi connectivity index (χ0v) is 15.8. The van der Waals surface area contributed by atoms with Gasteiger partial charge in [-0.2, -0.15) is 0 Å². The van der Waals surface area contributed by atoms with E-state index in [1.165, 1.54) is 11.5 Å². The van der Waals surface area contributed by atoms with E-state index in [0.717, 1.165) is 43.4 Å². The summed E-state index contributed by atoms with van der Waals surface area (Å²) >= 11 is 1.40. The summed E-state index contributed by atoms with van der Waals surface area (Å²) in [4.78, 5) is 13.8. The summed E-state index contributed by atoms with van der Waals surface area (Å²) in [7, 11) is 1.73. The zero-order valence-electron chi connectivity index (χ0n) is 15.0. The third kappa shape index (κ3) is 4.73. The Hall–Kier alpha value is -1.67. The van der Waals surface area contributed by atoms with Crippen molar-refractivity contribution in [3.63, 3.8) is 0 Å². The topological polar surface area (TPSA) is 85.8 Å². The zero-order chi connectivity index (χ0) is 18.6. The third-order valence-electron chi connectivity index (χ3n) is 4.73. The summed E-state index contributed by atoms with van der Waals surface area (Å²) in [5, 5.41) is 21.2. The van der Waals surface area contributed by atoms with E-state index in [4.69, 9.17) is 4.74 Å². The van der Waals surface area contributed by atoms with Crippen molar-refractivity contribution < 1.29 is 14.9 Å². The van der Waals surface area contributed by atoms with Gasteiger partial charge in [-0.15, -0.1) is 0 Å². The van der Waals surface area contributed by atoms with Gasteiger partial charge >= 0.3 is 0 Å². The van der Waals surface area contributed by atoms with Crippen molar-refractivity contribution in [3.8, 4) is 5.75 Å². The molecule has 1 aliphatic carbocycles. The lowest BCUT2D eigenvalue weighted by molar-refractivity contribution is -0.271. The van der Waals surface area contributed by atoms with Gasteiger partial charge in [-0.05, 0) is 57.7 Å². The van der Waals surface area contributed by atoms with Crippen molar-refractivity contribution in [2.24, 2.45) is 0 Å². The number of aromatic nitrogens is 1. The molecule has 0 aliphatic heterocycles. The van der Waals surface area contributed by atoms with E-state index in [1.807, 2.05) is 6.07 Å². The second-order valence-corrected chi connectivity index (χ2v) is 7.74. The highest BCUT2D eigenvalue weighted by Crippen LogP contribution is 2.37. The Kier molecular flexibility index (Phi) is 6.13. The van der Waals surface area contributed by atoms with Crippen molar-refractivity contribution in [3.05, 3.63) is 51.1 Å². The molecule has 0 saturated heterocycles. The molecule has 3 N–H and O–H groups in total. The van der Waals surface area contributed by atoms with Gasteiger partial charge in [0, 0.05) is 17.0 Å². The molecular weight excluding hydrogens is 352 g/mol. The van der Waals surface area contributed by atoms with E-state index in [1.54, 1.807) is 36.2 Å². The Balaban J connectivity index is 1.48. The van der Waals surface area contributed by atoms with Crippen LogP contribution in [0.3, 0.4) is 0 Å². The first kappa shape index (κ1) is 19.1. The van der Waals surface area contributed by atoms with Crippen molar-refractivity contribution in [2.45, 2.75) is 50.5 Å². The number of para-hydroxylation sites is 1. The average molecular weight is 378 g/mol. The van der Waals surface area contributed by atoms with E-state index in [0.29, 0.717) is 17.9 Å². The highest BCUT2D eigenvalue weighted by atomic mass is 32.1. The Bertz CT molecular complexity index is 767. The number of aryl methyl sites for hydroxylation is 1. The normalized spacial score (nSPS) is 14.8. The summed E-state index contributed by atoms with van der Waals surface area (Å²) in [5.41, 5.74) is 0.351. The number of benzene rings is 1. The third-order valence-corrected chi connectivity index (χ3v) is 5.62. The van der Waals surface area contributed by atoms with Crippen LogP contribution in [0.2, 0.25) is 0 Å². The molecule has 1 aromatic carbocycles. The van der Waals surface area contributed by atoms with Crippen LogP contribution in [0.1, 0.15) is 42.5 Å². The maximum Gasteiger partial charge on any atom is 0.258 e. The number of unbranched alkanes of at least 4 members (excludes halogenated alkanes) is 2.